The molecule has 1 saturated carbocycles. The zero-order chi connectivity index (χ0) is 10.6. The predicted molar refractivity (Wildman–Crippen MR) is 59.1 cm³/mol. The Bertz CT molecular complexity index is 196. The van der Waals surface area contributed by atoms with E-state index in [0.29, 0.717) is 12.3 Å². The number of hydrogen-bond acceptors (Lipinski definition) is 1. The molecule has 1 rings (SSSR count). The Morgan fingerprint density at radius 1 is 1.43 bits per heavy atom. The van der Waals surface area contributed by atoms with Crippen LogP contribution in [0.1, 0.15) is 59.3 Å². The number of rotatable bonds is 6. The third-order valence-corrected chi connectivity index (χ3v) is 3.49. The summed E-state index contributed by atoms with van der Waals surface area (Å²) in [7, 11) is 0. The molecule has 1 N–H and O–H groups in total. The first-order chi connectivity index (χ1) is 6.64. The molecule has 0 aromatic carbocycles. The summed E-state index contributed by atoms with van der Waals surface area (Å²) in [4.78, 5) is 11.6. The van der Waals surface area contributed by atoms with Crippen molar-refractivity contribution >= 4 is 5.91 Å². The standard InChI is InChI=1S/C12H23NO/c1-4-6-7-11(14)13-12(8-9-12)10(3)5-2/h10H,4-9H2,1-3H3,(H,13,14). The molecule has 2 heteroatoms. The molecule has 0 saturated heterocycles. The van der Waals surface area contributed by atoms with Crippen molar-refractivity contribution < 1.29 is 4.79 Å². The molecule has 1 aliphatic carbocycles. The van der Waals surface area contributed by atoms with Gasteiger partial charge < -0.3 is 5.32 Å². The van der Waals surface area contributed by atoms with Crippen molar-refractivity contribution in [1.82, 2.24) is 5.32 Å². The molecule has 0 heterocycles. The van der Waals surface area contributed by atoms with E-state index in [4.69, 9.17) is 0 Å². The van der Waals surface area contributed by atoms with E-state index in [1.807, 2.05) is 0 Å². The molecule has 0 aromatic rings. The lowest BCUT2D eigenvalue weighted by atomic mass is 9.96. The van der Waals surface area contributed by atoms with Crippen molar-refractivity contribution in [1.29, 1.82) is 0 Å². The van der Waals surface area contributed by atoms with Gasteiger partial charge in [0.2, 0.25) is 5.91 Å². The second kappa shape index (κ2) is 4.81. The van der Waals surface area contributed by atoms with Crippen LogP contribution in [0.15, 0.2) is 0 Å². The van der Waals surface area contributed by atoms with Gasteiger partial charge in [-0.3, -0.25) is 4.79 Å². The summed E-state index contributed by atoms with van der Waals surface area (Å²) >= 11 is 0. The summed E-state index contributed by atoms with van der Waals surface area (Å²) in [6.07, 6.45) is 6.34. The fourth-order valence-corrected chi connectivity index (χ4v) is 1.94. The van der Waals surface area contributed by atoms with E-state index in [0.717, 1.165) is 19.3 Å². The van der Waals surface area contributed by atoms with Gasteiger partial charge in [-0.1, -0.05) is 33.6 Å². The molecular formula is C12H23NO. The van der Waals surface area contributed by atoms with Crippen LogP contribution < -0.4 is 5.32 Å². The monoisotopic (exact) mass is 197 g/mol. The first-order valence-electron chi connectivity index (χ1n) is 5.95. The minimum Gasteiger partial charge on any atom is -0.350 e. The maximum atomic E-state index is 11.6. The largest absolute Gasteiger partial charge is 0.350 e. The zero-order valence-corrected chi connectivity index (χ0v) is 9.73. The molecule has 1 atom stereocenters. The van der Waals surface area contributed by atoms with Gasteiger partial charge in [-0.25, -0.2) is 0 Å². The smallest absolute Gasteiger partial charge is 0.220 e. The lowest BCUT2D eigenvalue weighted by molar-refractivity contribution is -0.122. The summed E-state index contributed by atoms with van der Waals surface area (Å²) in [5.41, 5.74) is 0.180. The normalized spacial score (nSPS) is 20.2. The van der Waals surface area contributed by atoms with Gasteiger partial charge in [-0.05, 0) is 25.2 Å². The van der Waals surface area contributed by atoms with Gasteiger partial charge in [0, 0.05) is 12.0 Å². The summed E-state index contributed by atoms with van der Waals surface area (Å²) in [6.45, 7) is 6.56. The average Bonchev–Trinajstić information content (AvgIpc) is 2.94. The summed E-state index contributed by atoms with van der Waals surface area (Å²) < 4.78 is 0. The van der Waals surface area contributed by atoms with Gasteiger partial charge in [0.25, 0.3) is 0 Å². The lowest BCUT2D eigenvalue weighted by Crippen LogP contribution is -2.41. The highest BCUT2D eigenvalue weighted by molar-refractivity contribution is 5.77. The molecule has 1 aliphatic rings. The highest BCUT2D eigenvalue weighted by Gasteiger charge is 2.47. The van der Waals surface area contributed by atoms with E-state index in [1.54, 1.807) is 0 Å². The highest BCUT2D eigenvalue weighted by atomic mass is 16.1. The molecule has 1 amide bonds. The molecule has 14 heavy (non-hydrogen) atoms. The highest BCUT2D eigenvalue weighted by Crippen LogP contribution is 2.43. The van der Waals surface area contributed by atoms with Crippen LogP contribution in [-0.4, -0.2) is 11.4 Å². The van der Waals surface area contributed by atoms with Crippen LogP contribution in [0.5, 0.6) is 0 Å². The first kappa shape index (κ1) is 11.5. The van der Waals surface area contributed by atoms with Gasteiger partial charge in [0.1, 0.15) is 0 Å². The van der Waals surface area contributed by atoms with Gasteiger partial charge in [0.15, 0.2) is 0 Å². The van der Waals surface area contributed by atoms with Crippen molar-refractivity contribution in [2.24, 2.45) is 5.92 Å². The maximum absolute atomic E-state index is 11.6. The molecule has 1 fully saturated rings. The van der Waals surface area contributed by atoms with Crippen LogP contribution in [0, 0.1) is 5.92 Å². The van der Waals surface area contributed by atoms with Crippen molar-refractivity contribution in [3.8, 4) is 0 Å². The third-order valence-electron chi connectivity index (χ3n) is 3.49. The SMILES string of the molecule is CCCCC(=O)NC1(C(C)CC)CC1. The molecule has 82 valence electrons. The fourth-order valence-electron chi connectivity index (χ4n) is 1.94. The van der Waals surface area contributed by atoms with E-state index < -0.39 is 0 Å². The van der Waals surface area contributed by atoms with Gasteiger partial charge in [-0.2, -0.15) is 0 Å². The first-order valence-corrected chi connectivity index (χ1v) is 5.95. The predicted octanol–water partition coefficient (Wildman–Crippen LogP) is 2.87. The third kappa shape index (κ3) is 2.73. The average molecular weight is 197 g/mol. The Labute approximate surface area is 87.5 Å². The second-order valence-electron chi connectivity index (χ2n) is 4.62. The van der Waals surface area contributed by atoms with E-state index in [1.165, 1.54) is 12.8 Å². The Morgan fingerprint density at radius 2 is 2.07 bits per heavy atom. The number of unbranched alkanes of at least 4 members (excludes halogenated alkanes) is 1. The van der Waals surface area contributed by atoms with E-state index >= 15 is 0 Å². The van der Waals surface area contributed by atoms with Crippen LogP contribution in [0.3, 0.4) is 0 Å². The van der Waals surface area contributed by atoms with Crippen LogP contribution in [0.4, 0.5) is 0 Å². The van der Waals surface area contributed by atoms with Gasteiger partial charge in [0.05, 0.1) is 0 Å². The number of hydrogen-bond donors (Lipinski definition) is 1. The molecule has 0 spiro atoms. The van der Waals surface area contributed by atoms with E-state index in [2.05, 4.69) is 26.1 Å². The van der Waals surface area contributed by atoms with Crippen molar-refractivity contribution in [2.45, 2.75) is 64.8 Å². The molecular weight excluding hydrogens is 174 g/mol. The fraction of sp³-hybridized carbons (Fsp3) is 0.917. The Balaban J connectivity index is 2.32. The molecule has 2 nitrogen and oxygen atoms in total. The molecule has 0 radical (unpaired) electrons. The minimum atomic E-state index is 0.180. The second-order valence-corrected chi connectivity index (χ2v) is 4.62. The Morgan fingerprint density at radius 3 is 2.50 bits per heavy atom. The van der Waals surface area contributed by atoms with Crippen LogP contribution in [-0.2, 0) is 4.79 Å². The molecule has 0 bridgehead atoms. The lowest BCUT2D eigenvalue weighted by Gasteiger charge is -2.23. The Hall–Kier alpha value is -0.530. The van der Waals surface area contributed by atoms with Crippen LogP contribution in [0.2, 0.25) is 0 Å². The van der Waals surface area contributed by atoms with Gasteiger partial charge >= 0.3 is 0 Å². The zero-order valence-electron chi connectivity index (χ0n) is 9.73. The number of amides is 1. The van der Waals surface area contributed by atoms with E-state index in [-0.39, 0.29) is 11.4 Å². The summed E-state index contributed by atoms with van der Waals surface area (Å²) in [5.74, 6) is 0.887. The van der Waals surface area contributed by atoms with Crippen molar-refractivity contribution in [2.75, 3.05) is 0 Å². The van der Waals surface area contributed by atoms with Gasteiger partial charge in [-0.15, -0.1) is 0 Å². The maximum Gasteiger partial charge on any atom is 0.220 e. The summed E-state index contributed by atoms with van der Waals surface area (Å²) in [6, 6.07) is 0. The number of carbonyl (C=O) groups excluding carboxylic acids is 1. The molecule has 1 unspecified atom stereocenters. The van der Waals surface area contributed by atoms with Crippen molar-refractivity contribution in [3.63, 3.8) is 0 Å². The quantitative estimate of drug-likeness (QED) is 0.697. The number of nitrogens with one attached hydrogen (secondary N) is 1. The van der Waals surface area contributed by atoms with Crippen molar-refractivity contribution in [3.05, 3.63) is 0 Å². The molecule has 0 aliphatic heterocycles. The molecule has 0 aromatic heterocycles. The minimum absolute atomic E-state index is 0.180. The van der Waals surface area contributed by atoms with Crippen LogP contribution in [0.25, 0.3) is 0 Å². The van der Waals surface area contributed by atoms with Crippen LogP contribution >= 0.6 is 0 Å². The van der Waals surface area contributed by atoms with E-state index in [9.17, 15) is 4.79 Å². The number of carbonyl (C=O) groups is 1. The summed E-state index contributed by atoms with van der Waals surface area (Å²) in [5, 5.41) is 3.21. The topological polar surface area (TPSA) is 29.1 Å². The Kier molecular flexibility index (Phi) is 3.97.